The zero-order valence-corrected chi connectivity index (χ0v) is 39.3. The summed E-state index contributed by atoms with van der Waals surface area (Å²) in [4.78, 5) is 22.6. The van der Waals surface area contributed by atoms with Crippen LogP contribution in [0, 0.1) is 0 Å². The number of rotatable bonds is 7. The molecule has 0 bridgehead atoms. The maximum atomic E-state index is 5.10. The van der Waals surface area contributed by atoms with E-state index in [0.717, 1.165) is 39.4 Å². The van der Waals surface area contributed by atoms with Gasteiger partial charge in [0.15, 0.2) is 17.5 Å². The van der Waals surface area contributed by atoms with E-state index in [1.54, 1.807) is 0 Å². The molecule has 0 fully saturated rings. The van der Waals surface area contributed by atoms with Crippen LogP contribution < -0.4 is 26.2 Å². The average molecular weight is 924 g/mol. The van der Waals surface area contributed by atoms with E-state index < -0.39 is 5.41 Å². The van der Waals surface area contributed by atoms with Crippen molar-refractivity contribution >= 4 is 69.0 Å². The summed E-state index contributed by atoms with van der Waals surface area (Å²) in [6, 6.07) is 92.1. The molecule has 14 rings (SSSR count). The Bertz CT molecular complexity index is 3700. The van der Waals surface area contributed by atoms with Crippen molar-refractivity contribution in [1.82, 2.24) is 15.0 Å². The lowest BCUT2D eigenvalue weighted by molar-refractivity contribution is 0.749. The van der Waals surface area contributed by atoms with E-state index in [2.05, 4.69) is 228 Å². The van der Waals surface area contributed by atoms with Crippen molar-refractivity contribution in [2.45, 2.75) is 15.2 Å². The van der Waals surface area contributed by atoms with Gasteiger partial charge in [0, 0.05) is 38.6 Å². The van der Waals surface area contributed by atoms with E-state index in [-0.39, 0.29) is 6.71 Å². The average Bonchev–Trinajstić information content (AvgIpc) is 3.46. The Morgan fingerprint density at radius 2 is 0.831 bits per heavy atom. The lowest BCUT2D eigenvalue weighted by Gasteiger charge is -2.50. The second-order valence-electron chi connectivity index (χ2n) is 18.3. The first-order chi connectivity index (χ1) is 35.2. The second-order valence-corrected chi connectivity index (χ2v) is 19.3. The van der Waals surface area contributed by atoms with Crippen LogP contribution in [0.4, 0.5) is 34.1 Å². The maximum absolute atomic E-state index is 5.10. The molecule has 11 aromatic rings. The van der Waals surface area contributed by atoms with Crippen LogP contribution in [0.3, 0.4) is 0 Å². The standard InChI is InChI=1S/C64H42BN5S/c1-6-22-43(23-7-1)61-66-62(44-24-8-2-9-25-44)68-63(67-61)45-38-40-49(41-39-45)69-55-36-20-21-37-57(55)71-60-56(69)42-51-58-59(60)70(48-30-14-5-15-31-48)54-35-19-18-34-53(54)65(58)52-33-17-16-32-50(52)64(51,46-26-10-3-11-27-46)47-28-12-4-13-29-47/h1-42H. The molecule has 0 N–H and O–H groups in total. The zero-order chi connectivity index (χ0) is 46.9. The Morgan fingerprint density at radius 1 is 0.366 bits per heavy atom. The smallest absolute Gasteiger partial charge is 0.247 e. The molecule has 0 amide bonds. The molecule has 3 aliphatic heterocycles. The predicted octanol–water partition coefficient (Wildman–Crippen LogP) is 13.8. The van der Waals surface area contributed by atoms with E-state index >= 15 is 0 Å². The first-order valence-electron chi connectivity index (χ1n) is 24.1. The topological polar surface area (TPSA) is 45.2 Å². The van der Waals surface area contributed by atoms with Gasteiger partial charge in [-0.05, 0) is 93.8 Å². The lowest BCUT2D eigenvalue weighted by Crippen LogP contribution is -2.65. The van der Waals surface area contributed by atoms with Crippen LogP contribution >= 0.6 is 11.8 Å². The van der Waals surface area contributed by atoms with Gasteiger partial charge in [-0.2, -0.15) is 0 Å². The third-order valence-corrected chi connectivity index (χ3v) is 15.6. The molecule has 10 aromatic carbocycles. The largest absolute Gasteiger partial charge is 0.310 e. The molecule has 0 aliphatic carbocycles. The summed E-state index contributed by atoms with van der Waals surface area (Å²) in [5.41, 5.74) is 17.9. The van der Waals surface area contributed by atoms with Crippen molar-refractivity contribution < 1.29 is 0 Å². The summed E-state index contributed by atoms with van der Waals surface area (Å²) in [6.45, 7) is -0.0226. The molecule has 0 atom stereocenters. The van der Waals surface area contributed by atoms with Crippen LogP contribution in [0.25, 0.3) is 34.2 Å². The Balaban J connectivity index is 1.05. The molecule has 71 heavy (non-hydrogen) atoms. The molecule has 0 radical (unpaired) electrons. The zero-order valence-electron chi connectivity index (χ0n) is 38.5. The van der Waals surface area contributed by atoms with Gasteiger partial charge in [-0.15, -0.1) is 0 Å². The van der Waals surface area contributed by atoms with Crippen LogP contribution in [-0.2, 0) is 5.41 Å². The van der Waals surface area contributed by atoms with Gasteiger partial charge in [0.1, 0.15) is 0 Å². The molecule has 5 nitrogen and oxygen atoms in total. The van der Waals surface area contributed by atoms with Gasteiger partial charge in [0.2, 0.25) is 6.71 Å². The highest BCUT2D eigenvalue weighted by Gasteiger charge is 2.53. The molecule has 7 heteroatoms. The highest BCUT2D eigenvalue weighted by molar-refractivity contribution is 8.00. The number of para-hydroxylation sites is 3. The SMILES string of the molecule is c1ccc(-c2nc(-c3ccccc3)nc(-c3ccc(N4c5ccccc5Sc5c4cc4c6c5N(c5ccccc5)c5ccccc5B6c5ccccc5C4(c4ccccc4)c4ccccc4)cc3)n2)cc1. The van der Waals surface area contributed by atoms with Gasteiger partial charge in [-0.3, -0.25) is 0 Å². The highest BCUT2D eigenvalue weighted by Crippen LogP contribution is 2.59. The van der Waals surface area contributed by atoms with E-state index in [1.165, 1.54) is 59.8 Å². The minimum Gasteiger partial charge on any atom is -0.310 e. The number of nitrogens with zero attached hydrogens (tertiary/aromatic N) is 5. The van der Waals surface area contributed by atoms with Crippen molar-refractivity contribution in [3.63, 3.8) is 0 Å². The number of hydrogen-bond donors (Lipinski definition) is 0. The van der Waals surface area contributed by atoms with Gasteiger partial charge in [-0.25, -0.2) is 15.0 Å². The quantitative estimate of drug-likeness (QED) is 0.148. The van der Waals surface area contributed by atoms with Crippen LogP contribution in [0.5, 0.6) is 0 Å². The Kier molecular flexibility index (Phi) is 9.71. The first kappa shape index (κ1) is 41.2. The van der Waals surface area contributed by atoms with Crippen molar-refractivity contribution in [3.05, 3.63) is 277 Å². The van der Waals surface area contributed by atoms with Crippen molar-refractivity contribution in [1.29, 1.82) is 0 Å². The molecule has 4 heterocycles. The normalized spacial score (nSPS) is 13.6. The van der Waals surface area contributed by atoms with Gasteiger partial charge >= 0.3 is 0 Å². The number of aromatic nitrogens is 3. The Labute approximate surface area is 417 Å². The molecule has 0 spiro atoms. The van der Waals surface area contributed by atoms with Crippen LogP contribution in [0.1, 0.15) is 22.3 Å². The summed E-state index contributed by atoms with van der Waals surface area (Å²) in [5.74, 6) is 1.89. The van der Waals surface area contributed by atoms with Crippen molar-refractivity contribution in [2.24, 2.45) is 0 Å². The fourth-order valence-corrected chi connectivity index (χ4v) is 12.6. The maximum Gasteiger partial charge on any atom is 0.247 e. The van der Waals surface area contributed by atoms with E-state index in [4.69, 9.17) is 15.0 Å². The highest BCUT2D eigenvalue weighted by atomic mass is 32.2. The van der Waals surface area contributed by atoms with Crippen LogP contribution in [0.2, 0.25) is 0 Å². The molecule has 0 saturated heterocycles. The van der Waals surface area contributed by atoms with E-state index in [9.17, 15) is 0 Å². The minimum atomic E-state index is -0.674. The monoisotopic (exact) mass is 923 g/mol. The van der Waals surface area contributed by atoms with Gasteiger partial charge in [0.05, 0.1) is 27.4 Å². The second kappa shape index (κ2) is 16.7. The van der Waals surface area contributed by atoms with Gasteiger partial charge < -0.3 is 9.80 Å². The fraction of sp³-hybridized carbons (Fsp3) is 0.0156. The lowest BCUT2D eigenvalue weighted by atomic mass is 9.29. The Hall–Kier alpha value is -8.78. The molecule has 332 valence electrons. The third-order valence-electron chi connectivity index (χ3n) is 14.4. The number of benzene rings is 10. The first-order valence-corrected chi connectivity index (χ1v) is 25.0. The minimum absolute atomic E-state index is 0.0226. The van der Waals surface area contributed by atoms with Crippen molar-refractivity contribution in [2.75, 3.05) is 9.80 Å². The predicted molar refractivity (Wildman–Crippen MR) is 293 cm³/mol. The molecule has 1 aromatic heterocycles. The van der Waals surface area contributed by atoms with Gasteiger partial charge in [0.25, 0.3) is 0 Å². The molecular weight excluding hydrogens is 882 g/mol. The Morgan fingerprint density at radius 3 is 1.44 bits per heavy atom. The van der Waals surface area contributed by atoms with Crippen molar-refractivity contribution in [3.8, 4) is 34.2 Å². The summed E-state index contributed by atoms with van der Waals surface area (Å²) >= 11 is 1.88. The molecule has 3 aliphatic rings. The number of fused-ring (bicyclic) bond motifs is 7. The number of hydrogen-bond acceptors (Lipinski definition) is 6. The molecule has 0 saturated carbocycles. The van der Waals surface area contributed by atoms with E-state index in [0.29, 0.717) is 17.5 Å². The van der Waals surface area contributed by atoms with Crippen LogP contribution in [-0.4, -0.2) is 21.7 Å². The van der Waals surface area contributed by atoms with E-state index in [1.807, 2.05) is 48.2 Å². The summed E-state index contributed by atoms with van der Waals surface area (Å²) in [5, 5.41) is 0. The summed E-state index contributed by atoms with van der Waals surface area (Å²) < 4.78 is 0. The third kappa shape index (κ3) is 6.47. The molecular formula is C64H42BN5S. The van der Waals surface area contributed by atoms with Gasteiger partial charge in [-0.1, -0.05) is 211 Å². The molecule has 0 unspecified atom stereocenters. The summed E-state index contributed by atoms with van der Waals surface area (Å²) in [6.07, 6.45) is 0. The van der Waals surface area contributed by atoms with Crippen LogP contribution in [0.15, 0.2) is 265 Å². The number of anilines is 6. The fourth-order valence-electron chi connectivity index (χ4n) is 11.5. The summed E-state index contributed by atoms with van der Waals surface area (Å²) in [7, 11) is 0.